The highest BCUT2D eigenvalue weighted by molar-refractivity contribution is 9.09. The quantitative estimate of drug-likeness (QED) is 0.629. The molecular formula is C12H10BrClFNO2. The van der Waals surface area contributed by atoms with Crippen LogP contribution in [0.5, 0.6) is 0 Å². The maximum atomic E-state index is 13.4. The van der Waals surface area contributed by atoms with Gasteiger partial charge in [0, 0.05) is 11.9 Å². The summed E-state index contributed by atoms with van der Waals surface area (Å²) < 4.78 is 13.4. The van der Waals surface area contributed by atoms with E-state index < -0.39 is 17.5 Å². The largest absolute Gasteiger partial charge is 0.304 e. The van der Waals surface area contributed by atoms with Gasteiger partial charge in [0.15, 0.2) is 0 Å². The molecule has 1 aromatic carbocycles. The maximum Gasteiger partial charge on any atom is 0.299 e. The number of halogens is 3. The number of amides is 1. The lowest BCUT2D eigenvalue weighted by Gasteiger charge is -2.19. The Kier molecular flexibility index (Phi) is 3.73. The molecule has 3 nitrogen and oxygen atoms in total. The van der Waals surface area contributed by atoms with Gasteiger partial charge in [-0.3, -0.25) is 9.59 Å². The van der Waals surface area contributed by atoms with Crippen molar-refractivity contribution in [1.29, 1.82) is 0 Å². The predicted molar refractivity (Wildman–Crippen MR) is 71.1 cm³/mol. The van der Waals surface area contributed by atoms with Gasteiger partial charge in [-0.15, -0.1) is 0 Å². The molecule has 1 atom stereocenters. The zero-order valence-electron chi connectivity index (χ0n) is 9.54. The van der Waals surface area contributed by atoms with Gasteiger partial charge in [0.05, 0.1) is 16.3 Å². The number of carbonyl (C=O) groups is 2. The smallest absolute Gasteiger partial charge is 0.299 e. The fourth-order valence-corrected chi connectivity index (χ4v) is 2.20. The lowest BCUT2D eigenvalue weighted by atomic mass is 10.1. The third-order valence-electron chi connectivity index (χ3n) is 2.77. The summed E-state index contributed by atoms with van der Waals surface area (Å²) in [6.45, 7) is 2.29. The van der Waals surface area contributed by atoms with Gasteiger partial charge in [-0.1, -0.05) is 34.5 Å². The van der Waals surface area contributed by atoms with Crippen molar-refractivity contribution in [3.8, 4) is 0 Å². The van der Waals surface area contributed by atoms with Crippen LogP contribution >= 0.6 is 27.5 Å². The molecule has 18 heavy (non-hydrogen) atoms. The second kappa shape index (κ2) is 4.97. The van der Waals surface area contributed by atoms with Crippen LogP contribution in [0, 0.1) is 11.7 Å². The third kappa shape index (κ3) is 2.17. The van der Waals surface area contributed by atoms with Crippen LogP contribution in [0.1, 0.15) is 17.3 Å². The van der Waals surface area contributed by atoms with E-state index in [-0.39, 0.29) is 16.5 Å². The molecule has 96 valence electrons. The highest BCUT2D eigenvalue weighted by Gasteiger charge is 2.37. The molecule has 1 aliphatic rings. The third-order valence-corrected chi connectivity index (χ3v) is 4.17. The molecule has 0 aromatic heterocycles. The van der Waals surface area contributed by atoms with E-state index in [0.29, 0.717) is 17.6 Å². The average Bonchev–Trinajstić information content (AvgIpc) is 2.56. The van der Waals surface area contributed by atoms with Crippen LogP contribution in [0.3, 0.4) is 0 Å². The van der Waals surface area contributed by atoms with Gasteiger partial charge in [-0.2, -0.15) is 0 Å². The van der Waals surface area contributed by atoms with E-state index in [0.717, 1.165) is 6.07 Å². The van der Waals surface area contributed by atoms with Gasteiger partial charge in [0.2, 0.25) is 0 Å². The van der Waals surface area contributed by atoms with Gasteiger partial charge in [0.25, 0.3) is 11.7 Å². The first-order valence-electron chi connectivity index (χ1n) is 5.37. The lowest BCUT2D eigenvalue weighted by Crippen LogP contribution is -2.34. The number of alkyl halides is 1. The van der Waals surface area contributed by atoms with Crippen LogP contribution in [-0.4, -0.2) is 23.6 Å². The van der Waals surface area contributed by atoms with Crippen LogP contribution in [0.15, 0.2) is 12.1 Å². The summed E-state index contributed by atoms with van der Waals surface area (Å²) in [5.41, 5.74) is 0.480. The second-order valence-corrected chi connectivity index (χ2v) is 5.34. The SMILES string of the molecule is CC(CBr)CN1C(=O)C(=O)c2cc(Cl)c(F)cc21. The second-order valence-electron chi connectivity index (χ2n) is 4.29. The normalized spacial score (nSPS) is 16.1. The molecule has 1 aliphatic heterocycles. The molecule has 1 unspecified atom stereocenters. The fraction of sp³-hybridized carbons (Fsp3) is 0.333. The monoisotopic (exact) mass is 333 g/mol. The number of fused-ring (bicyclic) bond motifs is 1. The van der Waals surface area contributed by atoms with Crippen molar-refractivity contribution >= 4 is 44.9 Å². The molecule has 1 amide bonds. The van der Waals surface area contributed by atoms with E-state index in [1.807, 2.05) is 6.92 Å². The fourth-order valence-electron chi connectivity index (χ4n) is 1.83. The summed E-state index contributed by atoms with van der Waals surface area (Å²) in [6.07, 6.45) is 0. The zero-order valence-corrected chi connectivity index (χ0v) is 11.9. The number of benzene rings is 1. The minimum absolute atomic E-state index is 0.148. The van der Waals surface area contributed by atoms with E-state index in [2.05, 4.69) is 15.9 Å². The number of rotatable bonds is 3. The van der Waals surface area contributed by atoms with E-state index in [1.165, 1.54) is 11.0 Å². The summed E-state index contributed by atoms with van der Waals surface area (Å²) in [5.74, 6) is -1.73. The first-order chi connectivity index (χ1) is 8.45. The average molecular weight is 335 g/mol. The molecule has 0 saturated carbocycles. The summed E-state index contributed by atoms with van der Waals surface area (Å²) >= 11 is 8.93. The van der Waals surface area contributed by atoms with Crippen LogP contribution in [0.4, 0.5) is 10.1 Å². The Hall–Kier alpha value is -0.940. The van der Waals surface area contributed by atoms with Gasteiger partial charge in [0.1, 0.15) is 5.82 Å². The molecular weight excluding hydrogens is 324 g/mol. The highest BCUT2D eigenvalue weighted by Crippen LogP contribution is 2.33. The number of hydrogen-bond acceptors (Lipinski definition) is 2. The molecule has 0 radical (unpaired) electrons. The summed E-state index contributed by atoms with van der Waals surface area (Å²) in [4.78, 5) is 24.9. The van der Waals surface area contributed by atoms with Gasteiger partial charge in [-0.25, -0.2) is 4.39 Å². The Balaban J connectivity index is 2.45. The lowest BCUT2D eigenvalue weighted by molar-refractivity contribution is -0.114. The molecule has 1 aromatic rings. The molecule has 6 heteroatoms. The van der Waals surface area contributed by atoms with Crippen molar-refractivity contribution in [3.05, 3.63) is 28.5 Å². The molecule has 2 rings (SSSR count). The Bertz CT molecular complexity index is 535. The first-order valence-corrected chi connectivity index (χ1v) is 6.86. The standard InChI is InChI=1S/C12H10BrClFNO2/c1-6(4-13)5-16-10-3-9(15)8(14)2-7(10)11(17)12(16)18/h2-3,6H,4-5H2,1H3. The van der Waals surface area contributed by atoms with Crippen LogP contribution in [-0.2, 0) is 4.79 Å². The minimum Gasteiger partial charge on any atom is -0.304 e. The van der Waals surface area contributed by atoms with Gasteiger partial charge < -0.3 is 4.90 Å². The van der Waals surface area contributed by atoms with Crippen LogP contribution in [0.2, 0.25) is 5.02 Å². The number of nitrogens with zero attached hydrogens (tertiary/aromatic N) is 1. The van der Waals surface area contributed by atoms with Crippen molar-refractivity contribution in [1.82, 2.24) is 0 Å². The number of hydrogen-bond donors (Lipinski definition) is 0. The predicted octanol–water partition coefficient (Wildman–Crippen LogP) is 3.04. The Labute approximate surface area is 117 Å². The van der Waals surface area contributed by atoms with Crippen LogP contribution < -0.4 is 4.90 Å². The van der Waals surface area contributed by atoms with E-state index in [4.69, 9.17) is 11.6 Å². The number of Topliss-reactive ketones (excluding diaryl/α,β-unsaturated/α-hetero) is 1. The molecule has 0 fully saturated rings. The zero-order chi connectivity index (χ0) is 13.4. The number of anilines is 1. The molecule has 1 heterocycles. The molecule has 0 saturated heterocycles. The van der Waals surface area contributed by atoms with Crippen molar-refractivity contribution in [2.75, 3.05) is 16.8 Å². The first kappa shape index (κ1) is 13.5. The summed E-state index contributed by atoms with van der Waals surface area (Å²) in [6, 6.07) is 2.35. The number of ketones is 1. The maximum absolute atomic E-state index is 13.4. The molecule has 0 bridgehead atoms. The minimum atomic E-state index is -0.631. The van der Waals surface area contributed by atoms with E-state index in [1.54, 1.807) is 0 Å². The Morgan fingerprint density at radius 2 is 2.11 bits per heavy atom. The van der Waals surface area contributed by atoms with Crippen molar-refractivity contribution in [2.45, 2.75) is 6.92 Å². The van der Waals surface area contributed by atoms with E-state index >= 15 is 0 Å². The summed E-state index contributed by atoms with van der Waals surface area (Å²) in [7, 11) is 0. The van der Waals surface area contributed by atoms with Crippen LogP contribution in [0.25, 0.3) is 0 Å². The Morgan fingerprint density at radius 1 is 1.44 bits per heavy atom. The summed E-state index contributed by atoms with van der Waals surface area (Å²) in [5, 5.41) is 0.543. The molecule has 0 N–H and O–H groups in total. The van der Waals surface area contributed by atoms with Gasteiger partial charge >= 0.3 is 0 Å². The van der Waals surface area contributed by atoms with E-state index in [9.17, 15) is 14.0 Å². The highest BCUT2D eigenvalue weighted by atomic mass is 79.9. The molecule has 0 spiro atoms. The molecule has 0 aliphatic carbocycles. The number of carbonyl (C=O) groups excluding carboxylic acids is 2. The van der Waals surface area contributed by atoms with Gasteiger partial charge in [-0.05, 0) is 18.1 Å². The van der Waals surface area contributed by atoms with Crippen molar-refractivity contribution in [2.24, 2.45) is 5.92 Å². The topological polar surface area (TPSA) is 37.4 Å². The Morgan fingerprint density at radius 3 is 2.72 bits per heavy atom. The van der Waals surface area contributed by atoms with Crippen molar-refractivity contribution in [3.63, 3.8) is 0 Å². The van der Waals surface area contributed by atoms with Crippen molar-refractivity contribution < 1.29 is 14.0 Å².